The maximum atomic E-state index is 12.6. The summed E-state index contributed by atoms with van der Waals surface area (Å²) in [5, 5.41) is 6.27. The minimum Gasteiger partial charge on any atom is -0.497 e. The van der Waals surface area contributed by atoms with E-state index >= 15 is 0 Å². The Morgan fingerprint density at radius 3 is 2.14 bits per heavy atom. The fourth-order valence-corrected chi connectivity index (χ4v) is 3.05. The van der Waals surface area contributed by atoms with Crippen LogP contribution in [-0.2, 0) is 9.59 Å². The summed E-state index contributed by atoms with van der Waals surface area (Å²) in [6.45, 7) is 4.52. The molecule has 3 rings (SSSR count). The van der Waals surface area contributed by atoms with Gasteiger partial charge >= 0.3 is 17.8 Å². The van der Waals surface area contributed by atoms with Crippen molar-refractivity contribution < 1.29 is 33.3 Å². The van der Waals surface area contributed by atoms with Gasteiger partial charge in [0.1, 0.15) is 11.5 Å². The first kappa shape index (κ1) is 26.7. The van der Waals surface area contributed by atoms with Gasteiger partial charge in [-0.2, -0.15) is 5.10 Å². The highest BCUT2D eigenvalue weighted by molar-refractivity contribution is 6.39. The number of rotatable bonds is 10. The molecule has 0 radical (unpaired) electrons. The van der Waals surface area contributed by atoms with E-state index in [9.17, 15) is 14.4 Å². The van der Waals surface area contributed by atoms with Gasteiger partial charge < -0.3 is 24.3 Å². The van der Waals surface area contributed by atoms with Crippen LogP contribution in [0.3, 0.4) is 0 Å². The zero-order valence-electron chi connectivity index (χ0n) is 20.6. The molecule has 0 aliphatic heterocycles. The average molecular weight is 506 g/mol. The van der Waals surface area contributed by atoms with E-state index in [1.165, 1.54) is 13.3 Å². The minimum absolute atomic E-state index is 0.223. The first-order valence-corrected chi connectivity index (χ1v) is 11.4. The molecule has 192 valence electrons. The van der Waals surface area contributed by atoms with Crippen molar-refractivity contribution in [2.24, 2.45) is 5.10 Å². The van der Waals surface area contributed by atoms with Crippen molar-refractivity contribution in [1.82, 2.24) is 5.43 Å². The number of hydrogen-bond acceptors (Lipinski definition) is 8. The van der Waals surface area contributed by atoms with Crippen LogP contribution < -0.4 is 29.7 Å². The lowest BCUT2D eigenvalue weighted by Gasteiger charge is -2.11. The molecule has 0 aromatic heterocycles. The summed E-state index contributed by atoms with van der Waals surface area (Å²) >= 11 is 0. The number of amides is 2. The van der Waals surface area contributed by atoms with E-state index in [1.807, 2.05) is 6.92 Å². The Balaban J connectivity index is 1.60. The molecule has 0 atom stereocenters. The van der Waals surface area contributed by atoms with Crippen molar-refractivity contribution in [3.05, 3.63) is 77.9 Å². The highest BCUT2D eigenvalue weighted by Gasteiger charge is 2.15. The minimum atomic E-state index is -0.946. The van der Waals surface area contributed by atoms with Gasteiger partial charge in [-0.1, -0.05) is 0 Å². The van der Waals surface area contributed by atoms with Crippen molar-refractivity contribution in [2.75, 3.05) is 25.6 Å². The second kappa shape index (κ2) is 13.3. The fourth-order valence-electron chi connectivity index (χ4n) is 3.05. The van der Waals surface area contributed by atoms with E-state index in [0.717, 1.165) is 0 Å². The second-order valence-corrected chi connectivity index (χ2v) is 7.37. The topological polar surface area (TPSA) is 125 Å². The van der Waals surface area contributed by atoms with E-state index < -0.39 is 17.8 Å². The van der Waals surface area contributed by atoms with Crippen LogP contribution in [0.2, 0.25) is 0 Å². The van der Waals surface area contributed by atoms with E-state index in [1.54, 1.807) is 73.7 Å². The maximum absolute atomic E-state index is 12.6. The normalized spacial score (nSPS) is 10.5. The number of benzene rings is 3. The lowest BCUT2D eigenvalue weighted by molar-refractivity contribution is -0.136. The number of hydrogen-bond donors (Lipinski definition) is 2. The van der Waals surface area contributed by atoms with E-state index in [0.29, 0.717) is 47.3 Å². The number of esters is 1. The highest BCUT2D eigenvalue weighted by atomic mass is 16.6. The summed E-state index contributed by atoms with van der Waals surface area (Å²) in [6, 6.07) is 17.9. The molecule has 0 spiro atoms. The van der Waals surface area contributed by atoms with E-state index in [2.05, 4.69) is 15.8 Å². The third-order valence-electron chi connectivity index (χ3n) is 4.81. The molecule has 2 amide bonds. The molecule has 10 nitrogen and oxygen atoms in total. The Morgan fingerprint density at radius 2 is 1.49 bits per heavy atom. The number of nitrogens with one attached hydrogen (secondary N) is 2. The Hall–Kier alpha value is -4.86. The Labute approximate surface area is 214 Å². The van der Waals surface area contributed by atoms with Gasteiger partial charge in [0.25, 0.3) is 0 Å². The predicted molar refractivity (Wildman–Crippen MR) is 138 cm³/mol. The van der Waals surface area contributed by atoms with Crippen molar-refractivity contribution in [1.29, 1.82) is 0 Å². The molecule has 0 unspecified atom stereocenters. The fraction of sp³-hybridized carbons (Fsp3) is 0.185. The third kappa shape index (κ3) is 7.82. The van der Waals surface area contributed by atoms with Crippen LogP contribution >= 0.6 is 0 Å². The van der Waals surface area contributed by atoms with Gasteiger partial charge in [0, 0.05) is 5.69 Å². The van der Waals surface area contributed by atoms with Gasteiger partial charge in [-0.25, -0.2) is 10.2 Å². The number of ether oxygens (including phenoxy) is 4. The molecular formula is C27H27N3O7. The Morgan fingerprint density at radius 1 is 0.811 bits per heavy atom. The van der Waals surface area contributed by atoms with Gasteiger partial charge in [0.15, 0.2) is 11.5 Å². The number of hydrazone groups is 1. The smallest absolute Gasteiger partial charge is 0.343 e. The van der Waals surface area contributed by atoms with Crippen LogP contribution in [0, 0.1) is 0 Å². The molecule has 0 fully saturated rings. The number of carbonyl (C=O) groups is 3. The third-order valence-corrected chi connectivity index (χ3v) is 4.81. The van der Waals surface area contributed by atoms with Crippen LogP contribution in [0.4, 0.5) is 5.69 Å². The monoisotopic (exact) mass is 505 g/mol. The SMILES string of the molecule is CCOc1ccc(C(=O)Oc2ccc(/C=N/NC(=O)C(=O)Nc3ccc(OC)cc3)cc2OCC)cc1. The molecule has 0 bridgehead atoms. The van der Waals surface area contributed by atoms with Crippen molar-refractivity contribution in [3.8, 4) is 23.0 Å². The van der Waals surface area contributed by atoms with Gasteiger partial charge in [0.05, 0.1) is 32.1 Å². The zero-order valence-corrected chi connectivity index (χ0v) is 20.6. The van der Waals surface area contributed by atoms with E-state index in [4.69, 9.17) is 18.9 Å². The number of methoxy groups -OCH3 is 1. The Bertz CT molecular complexity index is 1260. The molecule has 0 aliphatic rings. The number of nitrogens with zero attached hydrogens (tertiary/aromatic N) is 1. The summed E-state index contributed by atoms with van der Waals surface area (Å²) < 4.78 is 21.5. The van der Waals surface area contributed by atoms with Gasteiger partial charge in [-0.3, -0.25) is 9.59 Å². The lowest BCUT2D eigenvalue weighted by Crippen LogP contribution is -2.32. The van der Waals surface area contributed by atoms with Gasteiger partial charge in [-0.15, -0.1) is 0 Å². The maximum Gasteiger partial charge on any atom is 0.343 e. The zero-order chi connectivity index (χ0) is 26.6. The van der Waals surface area contributed by atoms with Crippen LogP contribution in [0.1, 0.15) is 29.8 Å². The Kier molecular flexibility index (Phi) is 9.60. The molecule has 3 aromatic rings. The summed E-state index contributed by atoms with van der Waals surface area (Å²) in [4.78, 5) is 36.7. The molecular weight excluding hydrogens is 478 g/mol. The summed E-state index contributed by atoms with van der Waals surface area (Å²) in [6.07, 6.45) is 1.33. The standard InChI is InChI=1S/C27H27N3O7/c1-4-35-22-11-7-19(8-12-22)27(33)37-23-15-6-18(16-24(23)36-5-2)17-28-30-26(32)25(31)29-20-9-13-21(34-3)14-10-20/h6-17H,4-5H2,1-3H3,(H,29,31)(H,30,32)/b28-17+. The van der Waals surface area contributed by atoms with Gasteiger partial charge in [-0.05, 0) is 86.1 Å². The first-order chi connectivity index (χ1) is 17.9. The molecule has 10 heteroatoms. The summed E-state index contributed by atoms with van der Waals surface area (Å²) in [5.41, 5.74) is 3.49. The largest absolute Gasteiger partial charge is 0.497 e. The molecule has 0 aliphatic carbocycles. The lowest BCUT2D eigenvalue weighted by atomic mass is 10.2. The van der Waals surface area contributed by atoms with Gasteiger partial charge in [0.2, 0.25) is 0 Å². The van der Waals surface area contributed by atoms with Crippen molar-refractivity contribution in [3.63, 3.8) is 0 Å². The van der Waals surface area contributed by atoms with Crippen LogP contribution in [0.15, 0.2) is 71.8 Å². The number of anilines is 1. The average Bonchev–Trinajstić information content (AvgIpc) is 2.91. The summed E-state index contributed by atoms with van der Waals surface area (Å²) in [5.74, 6) is -0.569. The molecule has 37 heavy (non-hydrogen) atoms. The van der Waals surface area contributed by atoms with Crippen LogP contribution in [-0.4, -0.2) is 44.3 Å². The molecule has 2 N–H and O–H groups in total. The molecule has 3 aromatic carbocycles. The molecule has 0 saturated heterocycles. The first-order valence-electron chi connectivity index (χ1n) is 11.4. The van der Waals surface area contributed by atoms with Crippen LogP contribution in [0.25, 0.3) is 0 Å². The summed E-state index contributed by atoms with van der Waals surface area (Å²) in [7, 11) is 1.53. The molecule has 0 heterocycles. The van der Waals surface area contributed by atoms with Crippen LogP contribution in [0.5, 0.6) is 23.0 Å². The molecule has 0 saturated carbocycles. The van der Waals surface area contributed by atoms with E-state index in [-0.39, 0.29) is 5.75 Å². The quantitative estimate of drug-likeness (QED) is 0.141. The highest BCUT2D eigenvalue weighted by Crippen LogP contribution is 2.29. The van der Waals surface area contributed by atoms with Crippen molar-refractivity contribution in [2.45, 2.75) is 13.8 Å². The second-order valence-electron chi connectivity index (χ2n) is 7.37. The predicted octanol–water partition coefficient (Wildman–Crippen LogP) is 3.80. The van der Waals surface area contributed by atoms with Crippen molar-refractivity contribution >= 4 is 29.7 Å². The number of carbonyl (C=O) groups excluding carboxylic acids is 3.